The Morgan fingerprint density at radius 3 is 2.60 bits per heavy atom. The Hall–Kier alpha value is -0.370. The summed E-state index contributed by atoms with van der Waals surface area (Å²) in [5, 5.41) is 0. The summed E-state index contributed by atoms with van der Waals surface area (Å²) in [5.74, 6) is 2.90. The standard InChI is InChI=1S/C13H22N2/c1-14-7-10-4-2-3-5-13(10)15-8-11-6-12(11)9-15/h7,10-13H,2-6,8-9H2,1H3/b14-7+/t10?,11?,12?,13-/m0/s1. The second-order valence-corrected chi connectivity index (χ2v) is 5.63. The highest BCUT2D eigenvalue weighted by molar-refractivity contribution is 5.61. The molecule has 1 saturated heterocycles. The van der Waals surface area contributed by atoms with Crippen LogP contribution in [-0.4, -0.2) is 37.3 Å². The molecular weight excluding hydrogens is 184 g/mol. The maximum absolute atomic E-state index is 4.26. The lowest BCUT2D eigenvalue weighted by atomic mass is 9.84. The minimum Gasteiger partial charge on any atom is -0.301 e. The highest BCUT2D eigenvalue weighted by atomic mass is 15.2. The largest absolute Gasteiger partial charge is 0.301 e. The zero-order chi connectivity index (χ0) is 10.3. The number of aliphatic imine (C=N–C) groups is 1. The third-order valence-corrected chi connectivity index (χ3v) is 4.60. The van der Waals surface area contributed by atoms with Gasteiger partial charge < -0.3 is 4.99 Å². The molecule has 1 heterocycles. The predicted molar refractivity (Wildman–Crippen MR) is 63.3 cm³/mol. The maximum atomic E-state index is 4.26. The lowest BCUT2D eigenvalue weighted by Gasteiger charge is -2.37. The first-order valence-corrected chi connectivity index (χ1v) is 6.55. The molecule has 0 aromatic carbocycles. The molecule has 3 aliphatic rings. The molecule has 2 heteroatoms. The number of hydrogen-bond donors (Lipinski definition) is 0. The van der Waals surface area contributed by atoms with E-state index in [1.165, 1.54) is 45.2 Å². The minimum atomic E-state index is 0.751. The normalized spacial score (nSPS) is 45.9. The summed E-state index contributed by atoms with van der Waals surface area (Å²) in [4.78, 5) is 7.03. The Morgan fingerprint density at radius 2 is 1.87 bits per heavy atom. The van der Waals surface area contributed by atoms with Crippen molar-refractivity contribution in [1.82, 2.24) is 4.90 Å². The van der Waals surface area contributed by atoms with Crippen molar-refractivity contribution >= 4 is 6.21 Å². The molecule has 3 rings (SSSR count). The molecule has 0 spiro atoms. The van der Waals surface area contributed by atoms with Crippen LogP contribution >= 0.6 is 0 Å². The van der Waals surface area contributed by atoms with Crippen LogP contribution < -0.4 is 0 Å². The van der Waals surface area contributed by atoms with Crippen molar-refractivity contribution < 1.29 is 0 Å². The van der Waals surface area contributed by atoms with Gasteiger partial charge in [-0.3, -0.25) is 4.90 Å². The van der Waals surface area contributed by atoms with Crippen molar-refractivity contribution in [2.45, 2.75) is 38.1 Å². The van der Waals surface area contributed by atoms with E-state index in [9.17, 15) is 0 Å². The highest BCUT2D eigenvalue weighted by Gasteiger charge is 2.47. The molecule has 0 aromatic heterocycles. The van der Waals surface area contributed by atoms with Gasteiger partial charge in [-0.1, -0.05) is 12.8 Å². The summed E-state index contributed by atoms with van der Waals surface area (Å²) < 4.78 is 0. The second kappa shape index (κ2) is 3.89. The van der Waals surface area contributed by atoms with E-state index >= 15 is 0 Å². The number of piperidine rings is 1. The molecule has 2 nitrogen and oxygen atoms in total. The van der Waals surface area contributed by atoms with Crippen molar-refractivity contribution in [3.63, 3.8) is 0 Å². The van der Waals surface area contributed by atoms with Gasteiger partial charge in [-0.05, 0) is 31.1 Å². The summed E-state index contributed by atoms with van der Waals surface area (Å²) >= 11 is 0. The van der Waals surface area contributed by atoms with Crippen LogP contribution in [0.25, 0.3) is 0 Å². The van der Waals surface area contributed by atoms with E-state index in [1.807, 2.05) is 7.05 Å². The van der Waals surface area contributed by atoms with Crippen LogP contribution in [0.4, 0.5) is 0 Å². The average molecular weight is 206 g/mol. The Morgan fingerprint density at radius 1 is 1.13 bits per heavy atom. The molecule has 84 valence electrons. The van der Waals surface area contributed by atoms with E-state index in [2.05, 4.69) is 16.1 Å². The molecule has 3 fully saturated rings. The third kappa shape index (κ3) is 1.84. The van der Waals surface area contributed by atoms with Crippen LogP contribution in [0.5, 0.6) is 0 Å². The van der Waals surface area contributed by atoms with E-state index in [1.54, 1.807) is 0 Å². The molecule has 1 aliphatic heterocycles. The fourth-order valence-corrected chi connectivity index (χ4v) is 3.66. The van der Waals surface area contributed by atoms with Gasteiger partial charge in [-0.25, -0.2) is 0 Å². The molecule has 4 atom stereocenters. The summed E-state index contributed by atoms with van der Waals surface area (Å²) in [6, 6.07) is 0.829. The van der Waals surface area contributed by atoms with Crippen molar-refractivity contribution in [1.29, 1.82) is 0 Å². The van der Waals surface area contributed by atoms with E-state index in [0.717, 1.165) is 23.8 Å². The zero-order valence-corrected chi connectivity index (χ0v) is 9.73. The summed E-state index contributed by atoms with van der Waals surface area (Å²) in [6.45, 7) is 2.78. The van der Waals surface area contributed by atoms with E-state index in [4.69, 9.17) is 0 Å². The number of hydrogen-bond acceptors (Lipinski definition) is 2. The number of nitrogens with zero attached hydrogens (tertiary/aromatic N) is 2. The third-order valence-electron chi connectivity index (χ3n) is 4.60. The van der Waals surface area contributed by atoms with Crippen LogP contribution in [0, 0.1) is 17.8 Å². The topological polar surface area (TPSA) is 15.6 Å². The Bertz CT molecular complexity index is 251. The molecule has 2 saturated carbocycles. The minimum absolute atomic E-state index is 0.751. The predicted octanol–water partition coefficient (Wildman–Crippen LogP) is 2.20. The van der Waals surface area contributed by atoms with Gasteiger partial charge in [-0.15, -0.1) is 0 Å². The number of likely N-dealkylation sites (tertiary alicyclic amines) is 1. The van der Waals surface area contributed by atoms with Gasteiger partial charge in [0.15, 0.2) is 0 Å². The van der Waals surface area contributed by atoms with Crippen molar-refractivity contribution in [2.24, 2.45) is 22.7 Å². The molecule has 3 unspecified atom stereocenters. The van der Waals surface area contributed by atoms with Crippen molar-refractivity contribution in [3.05, 3.63) is 0 Å². The van der Waals surface area contributed by atoms with Gasteiger partial charge in [0.25, 0.3) is 0 Å². The Balaban J connectivity index is 1.65. The van der Waals surface area contributed by atoms with Crippen LogP contribution in [0.3, 0.4) is 0 Å². The Kier molecular flexibility index (Phi) is 2.55. The summed E-state index contributed by atoms with van der Waals surface area (Å²) in [5.41, 5.74) is 0. The number of fused-ring (bicyclic) bond motifs is 1. The smallest absolute Gasteiger partial charge is 0.0273 e. The number of rotatable bonds is 2. The van der Waals surface area contributed by atoms with Crippen LogP contribution in [0.2, 0.25) is 0 Å². The maximum Gasteiger partial charge on any atom is 0.0273 e. The van der Waals surface area contributed by atoms with Gasteiger partial charge >= 0.3 is 0 Å². The molecule has 0 N–H and O–H groups in total. The Labute approximate surface area is 92.8 Å². The molecule has 0 aromatic rings. The van der Waals surface area contributed by atoms with Gasteiger partial charge in [0.2, 0.25) is 0 Å². The molecule has 2 aliphatic carbocycles. The van der Waals surface area contributed by atoms with Crippen LogP contribution in [-0.2, 0) is 0 Å². The van der Waals surface area contributed by atoms with Crippen LogP contribution in [0.1, 0.15) is 32.1 Å². The molecule has 0 amide bonds. The monoisotopic (exact) mass is 206 g/mol. The van der Waals surface area contributed by atoms with Gasteiger partial charge in [0.1, 0.15) is 0 Å². The van der Waals surface area contributed by atoms with Crippen molar-refractivity contribution in [2.75, 3.05) is 20.1 Å². The van der Waals surface area contributed by atoms with Crippen molar-refractivity contribution in [3.8, 4) is 0 Å². The fraction of sp³-hybridized carbons (Fsp3) is 0.923. The van der Waals surface area contributed by atoms with Gasteiger partial charge in [-0.2, -0.15) is 0 Å². The molecule has 0 bridgehead atoms. The van der Waals surface area contributed by atoms with E-state index < -0.39 is 0 Å². The molecular formula is C13H22N2. The second-order valence-electron chi connectivity index (χ2n) is 5.63. The average Bonchev–Trinajstić information content (AvgIpc) is 2.87. The summed E-state index contributed by atoms with van der Waals surface area (Å²) in [6.07, 6.45) is 9.37. The first kappa shape index (κ1) is 9.83. The first-order chi connectivity index (χ1) is 7.38. The molecule has 15 heavy (non-hydrogen) atoms. The van der Waals surface area contributed by atoms with Crippen LogP contribution in [0.15, 0.2) is 4.99 Å². The van der Waals surface area contributed by atoms with E-state index in [0.29, 0.717) is 0 Å². The molecule has 0 radical (unpaired) electrons. The fourth-order valence-electron chi connectivity index (χ4n) is 3.66. The summed E-state index contributed by atoms with van der Waals surface area (Å²) in [7, 11) is 1.92. The lowest BCUT2D eigenvalue weighted by Crippen LogP contribution is -2.42. The quantitative estimate of drug-likeness (QED) is 0.632. The zero-order valence-electron chi connectivity index (χ0n) is 9.73. The lowest BCUT2D eigenvalue weighted by molar-refractivity contribution is 0.149. The first-order valence-electron chi connectivity index (χ1n) is 6.55. The van der Waals surface area contributed by atoms with E-state index in [-0.39, 0.29) is 0 Å². The highest BCUT2D eigenvalue weighted by Crippen LogP contribution is 2.47. The van der Waals surface area contributed by atoms with Gasteiger partial charge in [0.05, 0.1) is 0 Å². The SMILES string of the molecule is C/N=C/C1CCCC[C@@H]1N1CC2CC2C1. The van der Waals surface area contributed by atoms with Gasteiger partial charge in [0, 0.05) is 38.3 Å².